The molecule has 1 atom stereocenters. The van der Waals surface area contributed by atoms with E-state index >= 15 is 0 Å². The van der Waals surface area contributed by atoms with E-state index in [4.69, 9.17) is 5.73 Å². The quantitative estimate of drug-likeness (QED) is 0.805. The van der Waals surface area contributed by atoms with Gasteiger partial charge in [0.25, 0.3) is 0 Å². The minimum absolute atomic E-state index is 0.271. The van der Waals surface area contributed by atoms with E-state index in [1.165, 1.54) is 0 Å². The summed E-state index contributed by atoms with van der Waals surface area (Å²) in [5.41, 5.74) is 3.93. The van der Waals surface area contributed by atoms with Crippen LogP contribution in [0.2, 0.25) is 0 Å². The van der Waals surface area contributed by atoms with Crippen molar-refractivity contribution >= 4 is 0 Å². The summed E-state index contributed by atoms with van der Waals surface area (Å²) in [6, 6.07) is 0.859. The maximum Gasteiger partial charge on any atom is 0.416 e. The van der Waals surface area contributed by atoms with Crippen molar-refractivity contribution in [3.05, 3.63) is 35.1 Å². The topological polar surface area (TPSA) is 26.0 Å². The second kappa shape index (κ2) is 4.78. The van der Waals surface area contributed by atoms with Crippen molar-refractivity contribution < 1.29 is 22.0 Å². The van der Waals surface area contributed by atoms with E-state index < -0.39 is 35.8 Å². The van der Waals surface area contributed by atoms with Gasteiger partial charge >= 0.3 is 6.18 Å². The van der Waals surface area contributed by atoms with E-state index in [1.807, 2.05) is 0 Å². The molecule has 6 heteroatoms. The first kappa shape index (κ1) is 12.9. The SMILES string of the molecule is N[C@@H](CCF)c1cc(F)ccc1C(F)(F)F. The van der Waals surface area contributed by atoms with Gasteiger partial charge in [-0.05, 0) is 30.2 Å². The molecular weight excluding hydrogens is 229 g/mol. The van der Waals surface area contributed by atoms with Crippen molar-refractivity contribution in [3.8, 4) is 0 Å². The molecule has 0 fully saturated rings. The van der Waals surface area contributed by atoms with E-state index in [1.54, 1.807) is 0 Å². The van der Waals surface area contributed by atoms with Crippen LogP contribution in [0.3, 0.4) is 0 Å². The standard InChI is InChI=1S/C10H10F5N/c11-4-3-9(16)7-5-6(12)1-2-8(7)10(13,14)15/h1-2,5,9H,3-4,16H2/t9-/m0/s1. The van der Waals surface area contributed by atoms with Gasteiger partial charge in [0.2, 0.25) is 0 Å². The first-order valence-electron chi connectivity index (χ1n) is 4.54. The van der Waals surface area contributed by atoms with Crippen molar-refractivity contribution in [1.82, 2.24) is 0 Å². The molecule has 0 radical (unpaired) electrons. The lowest BCUT2D eigenvalue weighted by atomic mass is 9.98. The number of alkyl halides is 4. The predicted molar refractivity (Wildman–Crippen MR) is 48.9 cm³/mol. The number of rotatable bonds is 3. The van der Waals surface area contributed by atoms with Gasteiger partial charge in [-0.25, -0.2) is 4.39 Å². The molecule has 0 aliphatic rings. The highest BCUT2D eigenvalue weighted by atomic mass is 19.4. The second-order valence-electron chi connectivity index (χ2n) is 3.31. The van der Waals surface area contributed by atoms with Gasteiger partial charge < -0.3 is 5.73 Å². The fourth-order valence-corrected chi connectivity index (χ4v) is 1.37. The molecule has 1 aromatic carbocycles. The van der Waals surface area contributed by atoms with Gasteiger partial charge in [-0.2, -0.15) is 13.2 Å². The minimum Gasteiger partial charge on any atom is -0.324 e. The molecule has 1 nitrogen and oxygen atoms in total. The summed E-state index contributed by atoms with van der Waals surface area (Å²) < 4.78 is 62.3. The van der Waals surface area contributed by atoms with Gasteiger partial charge in [-0.3, -0.25) is 4.39 Å². The van der Waals surface area contributed by atoms with Crippen molar-refractivity contribution in [2.45, 2.75) is 18.6 Å². The molecule has 1 aromatic rings. The van der Waals surface area contributed by atoms with Crippen LogP contribution in [0.1, 0.15) is 23.6 Å². The molecule has 16 heavy (non-hydrogen) atoms. The summed E-state index contributed by atoms with van der Waals surface area (Å²) in [5, 5.41) is 0. The first-order valence-corrected chi connectivity index (χ1v) is 4.54. The van der Waals surface area contributed by atoms with E-state index in [2.05, 4.69) is 0 Å². The van der Waals surface area contributed by atoms with Crippen LogP contribution in [0.25, 0.3) is 0 Å². The van der Waals surface area contributed by atoms with Gasteiger partial charge in [-0.15, -0.1) is 0 Å². The molecule has 0 unspecified atom stereocenters. The Morgan fingerprint density at radius 3 is 2.38 bits per heavy atom. The highest BCUT2D eigenvalue weighted by molar-refractivity contribution is 5.32. The third kappa shape index (κ3) is 2.91. The number of benzene rings is 1. The Morgan fingerprint density at radius 1 is 1.25 bits per heavy atom. The van der Waals surface area contributed by atoms with Crippen LogP contribution in [0.5, 0.6) is 0 Å². The molecule has 90 valence electrons. The highest BCUT2D eigenvalue weighted by Crippen LogP contribution is 2.35. The third-order valence-corrected chi connectivity index (χ3v) is 2.14. The number of nitrogens with two attached hydrogens (primary N) is 1. The largest absolute Gasteiger partial charge is 0.416 e. The summed E-state index contributed by atoms with van der Waals surface area (Å²) in [5.74, 6) is -0.822. The Labute approximate surface area is 89.1 Å². The molecule has 0 saturated heterocycles. The number of halogens is 5. The Balaban J connectivity index is 3.18. The average molecular weight is 239 g/mol. The van der Waals surface area contributed by atoms with E-state index in [9.17, 15) is 22.0 Å². The lowest BCUT2D eigenvalue weighted by Crippen LogP contribution is -2.18. The van der Waals surface area contributed by atoms with Crippen LogP contribution in [0, 0.1) is 5.82 Å². The van der Waals surface area contributed by atoms with Crippen LogP contribution in [0.4, 0.5) is 22.0 Å². The van der Waals surface area contributed by atoms with Crippen LogP contribution in [0.15, 0.2) is 18.2 Å². The molecule has 2 N–H and O–H groups in total. The van der Waals surface area contributed by atoms with Gasteiger partial charge in [0.05, 0.1) is 12.2 Å². The Bertz CT molecular complexity index is 361. The van der Waals surface area contributed by atoms with Gasteiger partial charge in [0.1, 0.15) is 5.82 Å². The summed E-state index contributed by atoms with van der Waals surface area (Å²) >= 11 is 0. The molecule has 0 bridgehead atoms. The predicted octanol–water partition coefficient (Wildman–Crippen LogP) is 3.20. The number of hydrogen-bond acceptors (Lipinski definition) is 1. The van der Waals surface area contributed by atoms with Crippen LogP contribution < -0.4 is 5.73 Å². The zero-order valence-electron chi connectivity index (χ0n) is 8.19. The summed E-state index contributed by atoms with van der Waals surface area (Å²) in [6.45, 7) is -0.852. The Hall–Kier alpha value is -1.17. The van der Waals surface area contributed by atoms with Crippen molar-refractivity contribution in [2.75, 3.05) is 6.67 Å². The normalized spacial score (nSPS) is 13.9. The monoisotopic (exact) mass is 239 g/mol. The lowest BCUT2D eigenvalue weighted by Gasteiger charge is -2.17. The van der Waals surface area contributed by atoms with Crippen LogP contribution in [-0.4, -0.2) is 6.67 Å². The van der Waals surface area contributed by atoms with E-state index in [-0.39, 0.29) is 6.42 Å². The summed E-state index contributed by atoms with van der Waals surface area (Å²) in [7, 11) is 0. The second-order valence-corrected chi connectivity index (χ2v) is 3.31. The average Bonchev–Trinajstić information content (AvgIpc) is 2.16. The maximum absolute atomic E-state index is 12.8. The smallest absolute Gasteiger partial charge is 0.324 e. The van der Waals surface area contributed by atoms with E-state index in [0.717, 1.165) is 0 Å². The fraction of sp³-hybridized carbons (Fsp3) is 0.400. The lowest BCUT2D eigenvalue weighted by molar-refractivity contribution is -0.138. The molecule has 0 aliphatic heterocycles. The number of hydrogen-bond donors (Lipinski definition) is 1. The zero-order valence-corrected chi connectivity index (χ0v) is 8.19. The Kier molecular flexibility index (Phi) is 3.85. The van der Waals surface area contributed by atoms with Gasteiger partial charge in [0, 0.05) is 6.04 Å². The van der Waals surface area contributed by atoms with Gasteiger partial charge in [-0.1, -0.05) is 0 Å². The molecule has 1 rings (SSSR count). The van der Waals surface area contributed by atoms with Crippen LogP contribution >= 0.6 is 0 Å². The highest BCUT2D eigenvalue weighted by Gasteiger charge is 2.34. The van der Waals surface area contributed by atoms with Crippen molar-refractivity contribution in [3.63, 3.8) is 0 Å². The molecular formula is C10H10F5N. The Morgan fingerprint density at radius 2 is 1.88 bits per heavy atom. The third-order valence-electron chi connectivity index (χ3n) is 2.14. The van der Waals surface area contributed by atoms with Crippen molar-refractivity contribution in [1.29, 1.82) is 0 Å². The minimum atomic E-state index is -4.61. The summed E-state index contributed by atoms with van der Waals surface area (Å²) in [4.78, 5) is 0. The molecule has 0 aliphatic carbocycles. The molecule has 0 saturated carbocycles. The maximum atomic E-state index is 12.8. The molecule has 0 spiro atoms. The first-order chi connectivity index (χ1) is 7.36. The summed E-state index contributed by atoms with van der Waals surface area (Å²) in [6.07, 6.45) is -4.89. The van der Waals surface area contributed by atoms with Gasteiger partial charge in [0.15, 0.2) is 0 Å². The van der Waals surface area contributed by atoms with Crippen LogP contribution in [-0.2, 0) is 6.18 Å². The zero-order chi connectivity index (χ0) is 12.3. The van der Waals surface area contributed by atoms with Crippen molar-refractivity contribution in [2.24, 2.45) is 5.73 Å². The fourth-order valence-electron chi connectivity index (χ4n) is 1.37. The molecule has 0 aromatic heterocycles. The molecule has 0 heterocycles. The molecule has 0 amide bonds. The van der Waals surface area contributed by atoms with E-state index in [0.29, 0.717) is 18.2 Å².